The highest BCUT2D eigenvalue weighted by atomic mass is 32.2. The third-order valence-electron chi connectivity index (χ3n) is 4.22. The lowest BCUT2D eigenvalue weighted by Crippen LogP contribution is -2.19. The van der Waals surface area contributed by atoms with Crippen LogP contribution in [0.25, 0.3) is 0 Å². The lowest BCUT2D eigenvalue weighted by molar-refractivity contribution is 0.0601. The second kappa shape index (κ2) is 6.26. The first kappa shape index (κ1) is 15.7. The molecule has 0 N–H and O–H groups in total. The Bertz CT molecular complexity index is 912. The minimum atomic E-state index is -1.93. The summed E-state index contributed by atoms with van der Waals surface area (Å²) < 4.78 is 20.1. The average Bonchev–Trinajstić information content (AvgIpc) is 2.68. The fourth-order valence-electron chi connectivity index (χ4n) is 3.11. The van der Waals surface area contributed by atoms with E-state index in [-0.39, 0.29) is 0 Å². The van der Waals surface area contributed by atoms with Crippen molar-refractivity contribution < 1.29 is 13.4 Å². The summed E-state index contributed by atoms with van der Waals surface area (Å²) in [6.45, 7) is 0. The number of hydrogen-bond donors (Lipinski definition) is 1. The number of esters is 1. The van der Waals surface area contributed by atoms with Gasteiger partial charge in [0, 0.05) is 9.79 Å². The van der Waals surface area contributed by atoms with Crippen molar-refractivity contribution in [2.45, 2.75) is 9.79 Å². The highest BCUT2D eigenvalue weighted by Gasteiger charge is 2.30. The van der Waals surface area contributed by atoms with Gasteiger partial charge in [0.15, 0.2) is 0 Å². The maximum Gasteiger partial charge on any atom is 0.339 e. The molecule has 0 atom stereocenters. The van der Waals surface area contributed by atoms with E-state index in [1.54, 1.807) is 12.1 Å². The average molecular weight is 353 g/mol. The molecule has 0 fully saturated rings. The van der Waals surface area contributed by atoms with E-state index in [9.17, 15) is 4.79 Å². The van der Waals surface area contributed by atoms with E-state index in [4.69, 9.17) is 4.74 Å². The monoisotopic (exact) mass is 353 g/mol. The molecule has 0 radical (unpaired) electrons. The molecule has 0 bridgehead atoms. The van der Waals surface area contributed by atoms with Gasteiger partial charge in [-0.25, -0.2) is 4.79 Å². The Kier molecular flexibility index (Phi) is 3.93. The van der Waals surface area contributed by atoms with Crippen LogP contribution < -0.4 is 4.90 Å². The van der Waals surface area contributed by atoms with Crippen molar-refractivity contribution in [1.82, 2.24) is 0 Å². The van der Waals surface area contributed by atoms with Gasteiger partial charge in [0.25, 0.3) is 0 Å². The highest BCUT2D eigenvalue weighted by molar-refractivity contribution is 8.13. The zero-order chi connectivity index (χ0) is 17.4. The van der Waals surface area contributed by atoms with Crippen LogP contribution in [0.3, 0.4) is 0 Å². The molecular formula is C20H16FNO2S. The Hall–Kier alpha value is -2.79. The topological polar surface area (TPSA) is 29.5 Å². The van der Waals surface area contributed by atoms with Gasteiger partial charge in [0.05, 0.1) is 29.7 Å². The van der Waals surface area contributed by atoms with E-state index in [2.05, 4.69) is 0 Å². The van der Waals surface area contributed by atoms with E-state index in [1.807, 2.05) is 65.6 Å². The smallest absolute Gasteiger partial charge is 0.339 e. The molecule has 1 heterocycles. The number of fused-ring (bicyclic) bond motifs is 2. The van der Waals surface area contributed by atoms with Crippen molar-refractivity contribution in [2.24, 2.45) is 0 Å². The van der Waals surface area contributed by atoms with Crippen LogP contribution in [-0.4, -0.2) is 13.1 Å². The van der Waals surface area contributed by atoms with E-state index >= 15 is 3.89 Å². The molecule has 3 aromatic rings. The van der Waals surface area contributed by atoms with Crippen LogP contribution in [0.2, 0.25) is 0 Å². The van der Waals surface area contributed by atoms with Crippen molar-refractivity contribution in [3.05, 3.63) is 78.4 Å². The van der Waals surface area contributed by atoms with Crippen molar-refractivity contribution in [3.8, 4) is 0 Å². The van der Waals surface area contributed by atoms with Crippen LogP contribution in [-0.2, 0) is 4.74 Å². The van der Waals surface area contributed by atoms with E-state index in [0.29, 0.717) is 21.0 Å². The number of para-hydroxylation sites is 3. The molecule has 1 aliphatic rings. The van der Waals surface area contributed by atoms with Gasteiger partial charge in [0.2, 0.25) is 0 Å². The molecule has 126 valence electrons. The normalized spacial score (nSPS) is 13.8. The Morgan fingerprint density at radius 2 is 1.32 bits per heavy atom. The summed E-state index contributed by atoms with van der Waals surface area (Å²) in [5.41, 5.74) is 2.63. The number of carbonyl (C=O) groups excluding carboxylic acids is 1. The van der Waals surface area contributed by atoms with Gasteiger partial charge in [-0.15, -0.1) is 0 Å². The predicted octanol–water partition coefficient (Wildman–Crippen LogP) is 5.56. The lowest BCUT2D eigenvalue weighted by Gasteiger charge is -2.36. The van der Waals surface area contributed by atoms with Gasteiger partial charge < -0.3 is 9.64 Å². The molecule has 0 unspecified atom stereocenters. The molecule has 0 amide bonds. The largest absolute Gasteiger partial charge is 0.465 e. The fraction of sp³-hybridized carbons (Fsp3) is 0.0500. The second-order valence-corrected chi connectivity index (χ2v) is 7.13. The Morgan fingerprint density at radius 1 is 0.840 bits per heavy atom. The molecule has 4 rings (SSSR count). The molecule has 3 aromatic carbocycles. The van der Waals surface area contributed by atoms with Crippen LogP contribution in [0.1, 0.15) is 10.4 Å². The molecule has 3 nitrogen and oxygen atoms in total. The molecule has 0 spiro atoms. The molecule has 0 saturated heterocycles. The SMILES string of the molecule is COC(=O)c1ccccc1N1c2ccccc2[SH](F)c2ccccc21. The van der Waals surface area contributed by atoms with E-state index in [0.717, 1.165) is 11.4 Å². The molecule has 25 heavy (non-hydrogen) atoms. The van der Waals surface area contributed by atoms with Gasteiger partial charge in [-0.05, 0) is 47.7 Å². The van der Waals surface area contributed by atoms with Crippen molar-refractivity contribution in [1.29, 1.82) is 0 Å². The second-order valence-electron chi connectivity index (χ2n) is 5.60. The summed E-state index contributed by atoms with van der Waals surface area (Å²) in [4.78, 5) is 15.5. The van der Waals surface area contributed by atoms with Crippen LogP contribution in [0.15, 0.2) is 82.6 Å². The van der Waals surface area contributed by atoms with Crippen LogP contribution in [0.5, 0.6) is 0 Å². The number of nitrogens with zero attached hydrogens (tertiary/aromatic N) is 1. The number of halogens is 1. The Labute approximate surface area is 148 Å². The van der Waals surface area contributed by atoms with Gasteiger partial charge in [-0.1, -0.05) is 36.4 Å². The highest BCUT2D eigenvalue weighted by Crippen LogP contribution is 2.60. The van der Waals surface area contributed by atoms with Gasteiger partial charge in [-0.2, -0.15) is 3.89 Å². The number of benzene rings is 3. The lowest BCUT2D eigenvalue weighted by atomic mass is 10.1. The number of hydrogen-bond acceptors (Lipinski definition) is 3. The first-order valence-corrected chi connectivity index (χ1v) is 9.07. The van der Waals surface area contributed by atoms with Gasteiger partial charge in [0.1, 0.15) is 0 Å². The minimum absolute atomic E-state index is 0.418. The molecule has 0 aliphatic carbocycles. The van der Waals surface area contributed by atoms with Crippen LogP contribution >= 0.6 is 11.3 Å². The quantitative estimate of drug-likeness (QED) is 0.483. The molecule has 0 saturated carbocycles. The number of rotatable bonds is 2. The van der Waals surface area contributed by atoms with Crippen LogP contribution in [0, 0.1) is 0 Å². The number of ether oxygens (including phenoxy) is 1. The Balaban J connectivity index is 2.01. The zero-order valence-corrected chi connectivity index (χ0v) is 14.4. The molecule has 1 aliphatic heterocycles. The first-order valence-electron chi connectivity index (χ1n) is 7.84. The molecule has 5 heteroatoms. The molecule has 0 aromatic heterocycles. The van der Waals surface area contributed by atoms with Gasteiger partial charge >= 0.3 is 5.97 Å². The summed E-state index contributed by atoms with van der Waals surface area (Å²) in [6.07, 6.45) is 0. The summed E-state index contributed by atoms with van der Waals surface area (Å²) in [5.74, 6) is -0.418. The maximum absolute atomic E-state index is 15.1. The van der Waals surface area contributed by atoms with E-state index in [1.165, 1.54) is 7.11 Å². The van der Waals surface area contributed by atoms with Crippen LogP contribution in [0.4, 0.5) is 20.9 Å². The summed E-state index contributed by atoms with van der Waals surface area (Å²) in [6, 6.07) is 22.0. The fourth-order valence-corrected chi connectivity index (χ4v) is 4.55. The number of methoxy groups -OCH3 is 1. The summed E-state index contributed by atoms with van der Waals surface area (Å²) in [7, 11) is 1.36. The maximum atomic E-state index is 15.1. The summed E-state index contributed by atoms with van der Waals surface area (Å²) >= 11 is -1.93. The number of anilines is 3. The zero-order valence-electron chi connectivity index (χ0n) is 13.5. The Morgan fingerprint density at radius 3 is 1.88 bits per heavy atom. The third kappa shape index (κ3) is 2.48. The van der Waals surface area contributed by atoms with E-state index < -0.39 is 17.3 Å². The molecular weight excluding hydrogens is 337 g/mol. The minimum Gasteiger partial charge on any atom is -0.465 e. The first-order chi connectivity index (χ1) is 12.2. The van der Waals surface area contributed by atoms with Crippen molar-refractivity contribution in [2.75, 3.05) is 12.0 Å². The number of carbonyl (C=O) groups is 1. The van der Waals surface area contributed by atoms with Crippen molar-refractivity contribution >= 4 is 34.3 Å². The summed E-state index contributed by atoms with van der Waals surface area (Å²) in [5, 5.41) is 0. The third-order valence-corrected chi connectivity index (χ3v) is 5.82. The predicted molar refractivity (Wildman–Crippen MR) is 99.1 cm³/mol. The number of thiol groups is 1. The van der Waals surface area contributed by atoms with Crippen molar-refractivity contribution in [3.63, 3.8) is 0 Å². The standard InChI is InChI=1S/C20H16FNO2S/c1-24-20(23)14-8-2-3-9-15(14)22-16-10-4-6-12-18(16)25(21)19-13-7-5-11-17(19)22/h2-13,25H,1H3. The van der Waals surface area contributed by atoms with Gasteiger partial charge in [-0.3, -0.25) is 0 Å².